The number of carbonyl (C=O) groups is 1. The summed E-state index contributed by atoms with van der Waals surface area (Å²) in [6.45, 7) is -0.440. The van der Waals surface area contributed by atoms with Gasteiger partial charge in [-0.05, 0) is 26.0 Å². The average Bonchev–Trinajstić information content (AvgIpc) is 3.58. The van der Waals surface area contributed by atoms with Gasteiger partial charge in [-0.1, -0.05) is 0 Å². The van der Waals surface area contributed by atoms with E-state index >= 15 is 0 Å². The number of rotatable bonds is 12. The van der Waals surface area contributed by atoms with Crippen molar-refractivity contribution in [3.63, 3.8) is 0 Å². The summed E-state index contributed by atoms with van der Waals surface area (Å²) in [4.78, 5) is 12.8. The first-order chi connectivity index (χ1) is 22.7. The molecule has 0 radical (unpaired) electrons. The topological polar surface area (TPSA) is 348 Å². The minimum absolute atomic E-state index is 0.0175. The van der Waals surface area contributed by atoms with Gasteiger partial charge in [-0.3, -0.25) is 4.79 Å². The van der Waals surface area contributed by atoms with Crippen molar-refractivity contribution in [1.82, 2.24) is 10.6 Å². The van der Waals surface area contributed by atoms with Crippen molar-refractivity contribution in [1.29, 1.82) is 0 Å². The van der Waals surface area contributed by atoms with Gasteiger partial charge in [0.15, 0.2) is 18.2 Å². The van der Waals surface area contributed by atoms with Crippen LogP contribution in [0.2, 0.25) is 0 Å². The molecule has 0 aromatic heterocycles. The summed E-state index contributed by atoms with van der Waals surface area (Å²) in [7, 11) is 1.74. The Morgan fingerprint density at radius 2 is 1.56 bits per heavy atom. The zero-order chi connectivity index (χ0) is 35.1. The van der Waals surface area contributed by atoms with Crippen molar-refractivity contribution in [2.24, 2.45) is 28.7 Å². The molecule has 2 saturated heterocycles. The number of nitrogens with one attached hydrogen (secondary N) is 2. The van der Waals surface area contributed by atoms with E-state index in [0.29, 0.717) is 18.7 Å². The van der Waals surface area contributed by atoms with Crippen LogP contribution in [0.1, 0.15) is 19.3 Å². The lowest BCUT2D eigenvalue weighted by atomic mass is 9.83. The smallest absolute Gasteiger partial charge is 0.253 e. The number of likely N-dealkylation sites (N-methyl/N-ethyl adjacent to an activating group) is 1. The number of aliphatic hydroxyl groups is 6. The van der Waals surface area contributed by atoms with E-state index in [-0.39, 0.29) is 19.4 Å². The summed E-state index contributed by atoms with van der Waals surface area (Å²) in [5.74, 6) is -0.217. The Morgan fingerprint density at radius 1 is 0.917 bits per heavy atom. The van der Waals surface area contributed by atoms with Crippen molar-refractivity contribution in [3.8, 4) is 0 Å². The fraction of sp³-hybridized carbons (Fsp3) is 0.893. The van der Waals surface area contributed by atoms with Crippen molar-refractivity contribution in [2.45, 2.75) is 129 Å². The van der Waals surface area contributed by atoms with Gasteiger partial charge in [0.2, 0.25) is 6.29 Å². The summed E-state index contributed by atoms with van der Waals surface area (Å²) in [6.07, 6.45) is -13.8. The molecule has 0 spiro atoms. The van der Waals surface area contributed by atoms with Crippen LogP contribution in [0.5, 0.6) is 0 Å². The number of amides is 1. The van der Waals surface area contributed by atoms with Gasteiger partial charge in [0, 0.05) is 25.0 Å². The maximum Gasteiger partial charge on any atom is 0.253 e. The fourth-order valence-corrected chi connectivity index (χ4v) is 6.49. The Hall–Kier alpha value is -1.67. The van der Waals surface area contributed by atoms with Gasteiger partial charge in [0.05, 0.1) is 31.3 Å². The third-order valence-electron chi connectivity index (χ3n) is 9.63. The van der Waals surface area contributed by atoms with Gasteiger partial charge in [0.25, 0.3) is 5.91 Å². The largest absolute Gasteiger partial charge is 0.467 e. The maximum atomic E-state index is 12.8. The summed E-state index contributed by atoms with van der Waals surface area (Å²) in [5, 5.41) is 69.7. The van der Waals surface area contributed by atoms with Crippen LogP contribution in [0.4, 0.5) is 0 Å². The van der Waals surface area contributed by atoms with Crippen LogP contribution in [-0.2, 0) is 33.2 Å². The first kappa shape index (κ1) is 37.6. The molecule has 0 bridgehead atoms. The van der Waals surface area contributed by atoms with Gasteiger partial charge in [-0.15, -0.1) is 0 Å². The molecule has 3 aliphatic heterocycles. The Balaban J connectivity index is 1.35. The zero-order valence-corrected chi connectivity index (χ0v) is 26.6. The molecule has 18 N–H and O–H groups in total. The monoisotopic (exact) mass is 693 g/mol. The van der Waals surface area contributed by atoms with Crippen LogP contribution < -0.4 is 39.3 Å². The molecule has 4 fully saturated rings. The predicted molar refractivity (Wildman–Crippen MR) is 162 cm³/mol. The van der Waals surface area contributed by atoms with Crippen LogP contribution in [0.25, 0.3) is 0 Å². The minimum Gasteiger partial charge on any atom is -0.467 e. The van der Waals surface area contributed by atoms with E-state index in [4.69, 9.17) is 57.1 Å². The van der Waals surface area contributed by atoms with E-state index in [0.717, 1.165) is 0 Å². The van der Waals surface area contributed by atoms with E-state index < -0.39 is 122 Å². The van der Waals surface area contributed by atoms with E-state index in [1.165, 1.54) is 0 Å². The van der Waals surface area contributed by atoms with E-state index in [9.17, 15) is 35.4 Å². The Bertz CT molecular complexity index is 1140. The van der Waals surface area contributed by atoms with Gasteiger partial charge in [-0.25, -0.2) is 0 Å². The second-order valence-electron chi connectivity index (χ2n) is 13.1. The highest BCUT2D eigenvalue weighted by atomic mass is 16.8. The number of hydrogen-bond acceptors (Lipinski definition) is 19. The third-order valence-corrected chi connectivity index (χ3v) is 9.63. The molecule has 5 aliphatic rings. The Labute approximate surface area is 276 Å². The lowest BCUT2D eigenvalue weighted by Gasteiger charge is -2.46. The fourth-order valence-electron chi connectivity index (χ4n) is 6.49. The van der Waals surface area contributed by atoms with Gasteiger partial charge >= 0.3 is 0 Å². The van der Waals surface area contributed by atoms with Crippen LogP contribution in [0.3, 0.4) is 0 Å². The lowest BCUT2D eigenvalue weighted by molar-refractivity contribution is -0.282. The lowest BCUT2D eigenvalue weighted by Crippen LogP contribution is -2.67. The minimum atomic E-state index is -1.79. The summed E-state index contributed by atoms with van der Waals surface area (Å²) in [5.41, 5.74) is 28.5. The SMILES string of the molecule is CNCC1=CC[C@@H](N)[C@@H](O[C@H]2[C@H](O[C@@H]3O[C@H](CO)[C@@H](O[C@H]4O[C@@H](CN)[C@@H](O)[C@H](O)[C@H]4N)[C@H]3O)[C@@H](O)[C@H](NC(=O)C3(O)CC3N)C[C@@H]2N)O1. The van der Waals surface area contributed by atoms with Crippen LogP contribution in [-0.4, -0.2) is 173 Å². The number of hydrogen-bond donors (Lipinski definition) is 13. The van der Waals surface area contributed by atoms with Gasteiger partial charge < -0.3 is 98.4 Å². The van der Waals surface area contributed by atoms with E-state index in [1.54, 1.807) is 7.05 Å². The van der Waals surface area contributed by atoms with Crippen LogP contribution in [0, 0.1) is 0 Å². The molecule has 48 heavy (non-hydrogen) atoms. The van der Waals surface area contributed by atoms with Crippen molar-refractivity contribution in [3.05, 3.63) is 11.8 Å². The third kappa shape index (κ3) is 7.50. The summed E-state index contributed by atoms with van der Waals surface area (Å²) in [6, 6.07) is -4.60. The molecule has 5 rings (SSSR count). The second kappa shape index (κ2) is 15.3. The summed E-state index contributed by atoms with van der Waals surface area (Å²) >= 11 is 0. The number of nitrogens with two attached hydrogens (primary N) is 5. The molecule has 18 atom stereocenters. The molecule has 1 amide bonds. The second-order valence-corrected chi connectivity index (χ2v) is 13.1. The number of aliphatic hydroxyl groups excluding tert-OH is 5. The first-order valence-electron chi connectivity index (χ1n) is 16.1. The normalized spacial score (nSPS) is 49.2. The molecule has 276 valence electrons. The standard InChI is InChI=1S/C28H51N7O13/c1-34-7-9-2-3-10(30)24(43-9)46-21-11(31)4-12(35-27(41)28(42)5-15(28)32)17(37)23(21)48-26-20(40)22(14(8-36)45-26)47-25-16(33)19(39)18(38)13(6-29)44-25/h2,10-26,34,36-40,42H,3-8,29-33H2,1H3,(H,35,41)/t10-,11+,12-,13+,14-,15?,16-,17+,18-,19-,20-,21-,22-,23-,24-,25-,26+,28?/m1/s1. The number of carbonyl (C=O) groups excluding carboxylic acids is 1. The maximum absolute atomic E-state index is 12.8. The molecular weight excluding hydrogens is 642 g/mol. The molecule has 2 aliphatic carbocycles. The molecule has 20 nitrogen and oxygen atoms in total. The first-order valence-corrected chi connectivity index (χ1v) is 16.1. The van der Waals surface area contributed by atoms with Gasteiger partial charge in [-0.2, -0.15) is 0 Å². The van der Waals surface area contributed by atoms with E-state index in [2.05, 4.69) is 10.6 Å². The van der Waals surface area contributed by atoms with Gasteiger partial charge in [0.1, 0.15) is 60.7 Å². The van der Waals surface area contributed by atoms with Crippen LogP contribution >= 0.6 is 0 Å². The Kier molecular flexibility index (Phi) is 12.0. The molecule has 20 heteroatoms. The molecular formula is C28H51N7O13. The summed E-state index contributed by atoms with van der Waals surface area (Å²) < 4.78 is 35.6. The highest BCUT2D eigenvalue weighted by molar-refractivity contribution is 5.89. The number of ether oxygens (including phenoxy) is 6. The molecule has 2 saturated carbocycles. The van der Waals surface area contributed by atoms with E-state index in [1.807, 2.05) is 6.08 Å². The highest BCUT2D eigenvalue weighted by Gasteiger charge is 2.59. The quantitative estimate of drug-likeness (QED) is 0.0902. The van der Waals surface area contributed by atoms with Crippen molar-refractivity contribution >= 4 is 5.91 Å². The molecule has 2 unspecified atom stereocenters. The van der Waals surface area contributed by atoms with Crippen molar-refractivity contribution < 1.29 is 63.9 Å². The Morgan fingerprint density at radius 3 is 2.19 bits per heavy atom. The van der Waals surface area contributed by atoms with Crippen molar-refractivity contribution in [2.75, 3.05) is 26.7 Å². The van der Waals surface area contributed by atoms with Crippen LogP contribution in [0.15, 0.2) is 11.8 Å². The molecule has 0 aromatic rings. The zero-order valence-electron chi connectivity index (χ0n) is 26.6. The molecule has 3 heterocycles. The average molecular weight is 694 g/mol. The highest BCUT2D eigenvalue weighted by Crippen LogP contribution is 2.37. The molecule has 0 aromatic carbocycles. The predicted octanol–water partition coefficient (Wildman–Crippen LogP) is -7.83.